The fourth-order valence-corrected chi connectivity index (χ4v) is 2.19. The van der Waals surface area contributed by atoms with Gasteiger partial charge in [-0.15, -0.1) is 0 Å². The third-order valence-electron chi connectivity index (χ3n) is 2.06. The van der Waals surface area contributed by atoms with Crippen molar-refractivity contribution in [1.82, 2.24) is 5.32 Å². The van der Waals surface area contributed by atoms with Crippen molar-refractivity contribution >= 4 is 25.3 Å². The van der Waals surface area contributed by atoms with E-state index in [2.05, 4.69) is 31.0 Å². The summed E-state index contributed by atoms with van der Waals surface area (Å²) in [5, 5.41) is 12.0. The maximum absolute atomic E-state index is 8.68. The summed E-state index contributed by atoms with van der Waals surface area (Å²) in [5.74, 6) is 0. The molecule has 1 rings (SSSR count). The minimum atomic E-state index is -1.12. The molecule has 16 heavy (non-hydrogen) atoms. The molecule has 0 saturated heterocycles. The molecule has 0 aliphatic rings. The first-order chi connectivity index (χ1) is 7.42. The number of thiocarbonyl (C=S) groups is 1. The van der Waals surface area contributed by atoms with Crippen LogP contribution in [0.1, 0.15) is 11.1 Å². The topological polar surface area (TPSA) is 35.8 Å². The Morgan fingerprint density at radius 1 is 1.31 bits per heavy atom. The Morgan fingerprint density at radius 2 is 1.88 bits per heavy atom. The lowest BCUT2D eigenvalue weighted by atomic mass is 10.1. The zero-order valence-electron chi connectivity index (χ0n) is 9.87. The van der Waals surface area contributed by atoms with Crippen molar-refractivity contribution in [3.63, 3.8) is 0 Å². The van der Waals surface area contributed by atoms with Gasteiger partial charge < -0.3 is 5.32 Å². The number of hydrogen-bond acceptors (Lipinski definition) is 2. The molecule has 0 fully saturated rings. The van der Waals surface area contributed by atoms with Crippen molar-refractivity contribution in [1.29, 1.82) is 5.26 Å². The van der Waals surface area contributed by atoms with E-state index in [0.717, 1.165) is 16.7 Å². The Bertz CT molecular complexity index is 412. The summed E-state index contributed by atoms with van der Waals surface area (Å²) in [5.41, 5.74) is 1.64. The van der Waals surface area contributed by atoms with E-state index in [1.807, 2.05) is 12.1 Å². The number of nitrogens with zero attached hydrogens (tertiary/aromatic N) is 1. The van der Waals surface area contributed by atoms with Gasteiger partial charge in [-0.1, -0.05) is 44.0 Å². The van der Waals surface area contributed by atoms with Gasteiger partial charge in [-0.25, -0.2) is 0 Å². The van der Waals surface area contributed by atoms with E-state index < -0.39 is 8.07 Å². The van der Waals surface area contributed by atoms with E-state index in [0.29, 0.717) is 5.56 Å². The first-order valence-electron chi connectivity index (χ1n) is 5.21. The molecule has 1 N–H and O–H groups in total. The molecule has 1 aromatic rings. The van der Waals surface area contributed by atoms with Crippen molar-refractivity contribution in [2.75, 3.05) is 6.17 Å². The average Bonchev–Trinajstić information content (AvgIpc) is 2.25. The fourth-order valence-electron chi connectivity index (χ4n) is 1.14. The number of rotatable bonds is 3. The third kappa shape index (κ3) is 4.13. The van der Waals surface area contributed by atoms with Crippen LogP contribution in [0.2, 0.25) is 19.6 Å². The van der Waals surface area contributed by atoms with Crippen molar-refractivity contribution in [2.45, 2.75) is 19.6 Å². The van der Waals surface area contributed by atoms with Gasteiger partial charge in [0.25, 0.3) is 0 Å². The molecule has 2 nitrogen and oxygen atoms in total. The highest BCUT2D eigenvalue weighted by atomic mass is 32.1. The Morgan fingerprint density at radius 3 is 2.31 bits per heavy atom. The van der Waals surface area contributed by atoms with E-state index >= 15 is 0 Å². The second-order valence-electron chi connectivity index (χ2n) is 4.93. The van der Waals surface area contributed by atoms with Gasteiger partial charge >= 0.3 is 0 Å². The quantitative estimate of drug-likeness (QED) is 0.660. The van der Waals surface area contributed by atoms with E-state index in [1.54, 1.807) is 12.1 Å². The molecule has 1 aromatic carbocycles. The monoisotopic (exact) mass is 248 g/mol. The number of nitrogens with one attached hydrogen (secondary N) is 1. The molecule has 0 bridgehead atoms. The van der Waals surface area contributed by atoms with E-state index in [4.69, 9.17) is 17.5 Å². The van der Waals surface area contributed by atoms with Crippen molar-refractivity contribution in [2.24, 2.45) is 0 Å². The van der Waals surface area contributed by atoms with Gasteiger partial charge in [0.2, 0.25) is 0 Å². The van der Waals surface area contributed by atoms with Crippen LogP contribution < -0.4 is 5.32 Å². The van der Waals surface area contributed by atoms with Crippen LogP contribution in [0, 0.1) is 11.3 Å². The first-order valence-corrected chi connectivity index (χ1v) is 9.32. The molecular formula is C12H16N2SSi. The molecule has 0 heterocycles. The second-order valence-corrected chi connectivity index (χ2v) is 10.8. The second kappa shape index (κ2) is 5.24. The Labute approximate surface area is 103 Å². The van der Waals surface area contributed by atoms with Crippen LogP contribution in [0.5, 0.6) is 0 Å². The average molecular weight is 248 g/mol. The summed E-state index contributed by atoms with van der Waals surface area (Å²) < 4.78 is 0. The molecule has 84 valence electrons. The summed E-state index contributed by atoms with van der Waals surface area (Å²) in [6.45, 7) is 6.88. The third-order valence-corrected chi connectivity index (χ3v) is 3.67. The Balaban J connectivity index is 2.64. The van der Waals surface area contributed by atoms with Gasteiger partial charge in [0.1, 0.15) is 4.99 Å². The highest BCUT2D eigenvalue weighted by molar-refractivity contribution is 7.80. The lowest BCUT2D eigenvalue weighted by Gasteiger charge is -2.17. The zero-order chi connectivity index (χ0) is 12.2. The summed E-state index contributed by atoms with van der Waals surface area (Å²) in [6, 6.07) is 9.45. The van der Waals surface area contributed by atoms with Gasteiger partial charge in [-0.05, 0) is 12.1 Å². The van der Waals surface area contributed by atoms with Gasteiger partial charge in [0.15, 0.2) is 0 Å². The number of hydrogen-bond donors (Lipinski definition) is 1. The summed E-state index contributed by atoms with van der Waals surface area (Å²) in [7, 11) is -1.12. The predicted octanol–water partition coefficient (Wildman–Crippen LogP) is 2.70. The predicted molar refractivity (Wildman–Crippen MR) is 74.2 cm³/mol. The van der Waals surface area contributed by atoms with Crippen LogP contribution >= 0.6 is 12.2 Å². The highest BCUT2D eigenvalue weighted by Crippen LogP contribution is 2.05. The summed E-state index contributed by atoms with van der Waals surface area (Å²) >= 11 is 5.30. The summed E-state index contributed by atoms with van der Waals surface area (Å²) in [4.78, 5) is 0.770. The molecule has 0 atom stereocenters. The van der Waals surface area contributed by atoms with Crippen molar-refractivity contribution < 1.29 is 0 Å². The maximum atomic E-state index is 8.68. The molecule has 0 aliphatic carbocycles. The van der Waals surface area contributed by atoms with Gasteiger partial charge in [0.05, 0.1) is 19.7 Å². The van der Waals surface area contributed by atoms with E-state index in [1.165, 1.54) is 0 Å². The van der Waals surface area contributed by atoms with Crippen molar-refractivity contribution in [3.05, 3.63) is 35.4 Å². The minimum Gasteiger partial charge on any atom is -0.379 e. The fraction of sp³-hybridized carbons (Fsp3) is 0.333. The molecule has 0 spiro atoms. The lowest BCUT2D eigenvalue weighted by Crippen LogP contribution is -2.39. The molecule has 0 radical (unpaired) electrons. The van der Waals surface area contributed by atoms with Crippen LogP contribution in [0.4, 0.5) is 0 Å². The number of nitriles is 1. The zero-order valence-corrected chi connectivity index (χ0v) is 11.7. The largest absolute Gasteiger partial charge is 0.379 e. The van der Waals surface area contributed by atoms with Crippen LogP contribution in [0.25, 0.3) is 0 Å². The highest BCUT2D eigenvalue weighted by Gasteiger charge is 2.13. The van der Waals surface area contributed by atoms with E-state index in [9.17, 15) is 0 Å². The van der Waals surface area contributed by atoms with Crippen molar-refractivity contribution in [3.8, 4) is 6.07 Å². The molecule has 0 amide bonds. The smallest absolute Gasteiger partial charge is 0.106 e. The van der Waals surface area contributed by atoms with Crippen LogP contribution in [0.3, 0.4) is 0 Å². The summed E-state index contributed by atoms with van der Waals surface area (Å²) in [6.07, 6.45) is 0.978. The molecule has 0 saturated carbocycles. The molecule has 0 aliphatic heterocycles. The van der Waals surface area contributed by atoms with Gasteiger partial charge in [0, 0.05) is 11.7 Å². The molecule has 0 unspecified atom stereocenters. The van der Waals surface area contributed by atoms with Crippen LogP contribution in [-0.4, -0.2) is 19.2 Å². The van der Waals surface area contributed by atoms with Gasteiger partial charge in [-0.3, -0.25) is 0 Å². The first kappa shape index (κ1) is 12.9. The van der Waals surface area contributed by atoms with Gasteiger partial charge in [-0.2, -0.15) is 5.26 Å². The number of benzene rings is 1. The normalized spacial score (nSPS) is 10.6. The molecule has 0 aromatic heterocycles. The maximum Gasteiger partial charge on any atom is 0.106 e. The molecular weight excluding hydrogens is 232 g/mol. The lowest BCUT2D eigenvalue weighted by molar-refractivity contribution is 1.10. The van der Waals surface area contributed by atoms with Crippen LogP contribution in [0.15, 0.2) is 24.3 Å². The van der Waals surface area contributed by atoms with Crippen LogP contribution in [-0.2, 0) is 0 Å². The minimum absolute atomic E-state index is 0.664. The Hall–Kier alpha value is -1.18. The van der Waals surface area contributed by atoms with E-state index in [-0.39, 0.29) is 0 Å². The Kier molecular flexibility index (Phi) is 4.22. The molecule has 4 heteroatoms. The SMILES string of the molecule is C[Si](C)(C)CNC(=S)c1ccc(C#N)cc1. The standard InChI is InChI=1S/C12H16N2SSi/c1-16(2,3)9-14-12(15)11-6-4-10(8-13)5-7-11/h4-7H,9H2,1-3H3,(H,14,15).